The van der Waals surface area contributed by atoms with Gasteiger partial charge in [-0.05, 0) is 33.2 Å². The molecular formula is C13H24N4O3S. The number of aromatic nitrogens is 1. The molecule has 0 saturated heterocycles. The lowest BCUT2D eigenvalue weighted by molar-refractivity contribution is 0.122. The number of likely N-dealkylation sites (N-methyl/N-ethyl adjacent to an activating group) is 1. The van der Waals surface area contributed by atoms with Crippen molar-refractivity contribution in [3.05, 3.63) is 18.3 Å². The maximum Gasteiger partial charge on any atom is 0.242 e. The van der Waals surface area contributed by atoms with Crippen LogP contribution in [0.4, 0.5) is 5.82 Å². The molecule has 0 amide bonds. The number of ether oxygens (including phenoxy) is 1. The van der Waals surface area contributed by atoms with Crippen molar-refractivity contribution in [3.63, 3.8) is 0 Å². The second kappa shape index (κ2) is 8.93. The summed E-state index contributed by atoms with van der Waals surface area (Å²) in [5.74, 6) is 0.656. The number of nitrogens with one attached hydrogen (secondary N) is 2. The topological polar surface area (TPSA) is 83.6 Å². The fourth-order valence-corrected chi connectivity index (χ4v) is 2.46. The molecule has 1 aromatic heterocycles. The van der Waals surface area contributed by atoms with Gasteiger partial charge in [0.1, 0.15) is 10.7 Å². The van der Waals surface area contributed by atoms with E-state index in [4.69, 9.17) is 4.74 Å². The Hall–Kier alpha value is -1.22. The standard InChI is InChI=1S/C13H24N4O3S/c1-4-14-13-6-5-12(11-15-13)21(18,19)16-7-9-20-10-8-17(2)3/h5-6,11,16H,4,7-10H2,1-3H3,(H,14,15). The average molecular weight is 316 g/mol. The quantitative estimate of drug-likeness (QED) is 0.607. The van der Waals surface area contributed by atoms with Crippen LogP contribution >= 0.6 is 0 Å². The van der Waals surface area contributed by atoms with Gasteiger partial charge in [0, 0.05) is 25.8 Å². The second-order valence-corrected chi connectivity index (χ2v) is 6.49. The summed E-state index contributed by atoms with van der Waals surface area (Å²) in [6.45, 7) is 4.66. The molecule has 0 radical (unpaired) electrons. The van der Waals surface area contributed by atoms with E-state index in [9.17, 15) is 8.42 Å². The number of hydrogen-bond donors (Lipinski definition) is 2. The number of sulfonamides is 1. The number of pyridine rings is 1. The minimum absolute atomic E-state index is 0.150. The van der Waals surface area contributed by atoms with Crippen LogP contribution in [0.2, 0.25) is 0 Å². The molecule has 0 aromatic carbocycles. The molecule has 1 aromatic rings. The second-order valence-electron chi connectivity index (χ2n) is 4.72. The van der Waals surface area contributed by atoms with Gasteiger partial charge in [-0.15, -0.1) is 0 Å². The summed E-state index contributed by atoms with van der Waals surface area (Å²) in [4.78, 5) is 6.20. The maximum absolute atomic E-state index is 12.0. The highest BCUT2D eigenvalue weighted by atomic mass is 32.2. The van der Waals surface area contributed by atoms with E-state index >= 15 is 0 Å². The molecule has 8 heteroatoms. The van der Waals surface area contributed by atoms with Crippen molar-refractivity contribution in [2.75, 3.05) is 52.3 Å². The fourth-order valence-electron chi connectivity index (χ4n) is 1.51. The largest absolute Gasteiger partial charge is 0.379 e. The molecular weight excluding hydrogens is 292 g/mol. The summed E-state index contributed by atoms with van der Waals surface area (Å²) in [5, 5.41) is 3.01. The van der Waals surface area contributed by atoms with Gasteiger partial charge >= 0.3 is 0 Å². The van der Waals surface area contributed by atoms with Crippen LogP contribution in [0.3, 0.4) is 0 Å². The van der Waals surface area contributed by atoms with Gasteiger partial charge in [-0.2, -0.15) is 0 Å². The van der Waals surface area contributed by atoms with E-state index in [2.05, 4.69) is 15.0 Å². The van der Waals surface area contributed by atoms with Crippen LogP contribution in [0.5, 0.6) is 0 Å². The first-order chi connectivity index (χ1) is 9.95. The summed E-state index contributed by atoms with van der Waals surface area (Å²) >= 11 is 0. The van der Waals surface area contributed by atoms with E-state index in [-0.39, 0.29) is 11.4 Å². The lowest BCUT2D eigenvalue weighted by atomic mass is 10.4. The molecule has 0 aliphatic rings. The highest BCUT2D eigenvalue weighted by Crippen LogP contribution is 2.10. The monoisotopic (exact) mass is 316 g/mol. The maximum atomic E-state index is 12.0. The molecule has 7 nitrogen and oxygen atoms in total. The van der Waals surface area contributed by atoms with Gasteiger partial charge in [0.15, 0.2) is 0 Å². The normalized spacial score (nSPS) is 11.8. The summed E-state index contributed by atoms with van der Waals surface area (Å²) in [7, 11) is 0.383. The van der Waals surface area contributed by atoms with Crippen molar-refractivity contribution in [1.82, 2.24) is 14.6 Å². The summed E-state index contributed by atoms with van der Waals surface area (Å²) in [5.41, 5.74) is 0. The minimum atomic E-state index is -3.53. The van der Waals surface area contributed by atoms with Crippen molar-refractivity contribution in [2.45, 2.75) is 11.8 Å². The molecule has 0 aliphatic heterocycles. The average Bonchev–Trinajstić information content (AvgIpc) is 2.43. The first kappa shape index (κ1) is 17.8. The summed E-state index contributed by atoms with van der Waals surface area (Å²) in [6.07, 6.45) is 1.34. The number of nitrogens with zero attached hydrogens (tertiary/aromatic N) is 2. The van der Waals surface area contributed by atoms with Crippen molar-refractivity contribution < 1.29 is 13.2 Å². The van der Waals surface area contributed by atoms with Crippen LogP contribution in [0.25, 0.3) is 0 Å². The van der Waals surface area contributed by atoms with Crippen LogP contribution in [-0.2, 0) is 14.8 Å². The van der Waals surface area contributed by atoms with Crippen molar-refractivity contribution >= 4 is 15.8 Å². The van der Waals surface area contributed by atoms with E-state index < -0.39 is 10.0 Å². The Bertz CT molecular complexity index is 503. The zero-order chi connectivity index (χ0) is 15.7. The van der Waals surface area contributed by atoms with Crippen LogP contribution in [0, 0.1) is 0 Å². The van der Waals surface area contributed by atoms with Crippen LogP contribution in [0.15, 0.2) is 23.2 Å². The SMILES string of the molecule is CCNc1ccc(S(=O)(=O)NCCOCCN(C)C)cn1. The van der Waals surface area contributed by atoms with Gasteiger partial charge in [0.25, 0.3) is 0 Å². The molecule has 21 heavy (non-hydrogen) atoms. The van der Waals surface area contributed by atoms with Crippen LogP contribution in [-0.4, -0.2) is 65.2 Å². The predicted octanol–water partition coefficient (Wildman–Crippen LogP) is 0.370. The van der Waals surface area contributed by atoms with Gasteiger partial charge in [-0.3, -0.25) is 0 Å². The van der Waals surface area contributed by atoms with Crippen LogP contribution in [0.1, 0.15) is 6.92 Å². The molecule has 1 heterocycles. The Morgan fingerprint density at radius 3 is 2.62 bits per heavy atom. The Morgan fingerprint density at radius 1 is 1.29 bits per heavy atom. The van der Waals surface area contributed by atoms with E-state index in [1.807, 2.05) is 25.9 Å². The fraction of sp³-hybridized carbons (Fsp3) is 0.615. The van der Waals surface area contributed by atoms with Gasteiger partial charge in [-0.1, -0.05) is 0 Å². The zero-order valence-corrected chi connectivity index (χ0v) is 13.6. The third-order valence-electron chi connectivity index (χ3n) is 2.63. The zero-order valence-electron chi connectivity index (χ0n) is 12.8. The first-order valence-corrected chi connectivity index (χ1v) is 8.36. The molecule has 0 saturated carbocycles. The highest BCUT2D eigenvalue weighted by Gasteiger charge is 2.13. The van der Waals surface area contributed by atoms with E-state index in [0.29, 0.717) is 19.0 Å². The van der Waals surface area contributed by atoms with E-state index in [0.717, 1.165) is 13.1 Å². The molecule has 0 unspecified atom stereocenters. The van der Waals surface area contributed by atoms with Crippen molar-refractivity contribution in [1.29, 1.82) is 0 Å². The summed E-state index contributed by atoms with van der Waals surface area (Å²) < 4.78 is 31.8. The van der Waals surface area contributed by atoms with Gasteiger partial charge in [0.2, 0.25) is 10.0 Å². The predicted molar refractivity (Wildman–Crippen MR) is 83.0 cm³/mol. The lowest BCUT2D eigenvalue weighted by Gasteiger charge is -2.10. The van der Waals surface area contributed by atoms with Gasteiger partial charge in [-0.25, -0.2) is 18.1 Å². The van der Waals surface area contributed by atoms with Crippen molar-refractivity contribution in [2.24, 2.45) is 0 Å². The van der Waals surface area contributed by atoms with E-state index in [1.54, 1.807) is 6.07 Å². The lowest BCUT2D eigenvalue weighted by Crippen LogP contribution is -2.28. The Morgan fingerprint density at radius 2 is 2.05 bits per heavy atom. The van der Waals surface area contributed by atoms with Gasteiger partial charge in [0.05, 0.1) is 13.2 Å². The summed E-state index contributed by atoms with van der Waals surface area (Å²) in [6, 6.07) is 3.17. The van der Waals surface area contributed by atoms with Crippen molar-refractivity contribution in [3.8, 4) is 0 Å². The molecule has 0 spiro atoms. The van der Waals surface area contributed by atoms with E-state index in [1.165, 1.54) is 12.3 Å². The molecule has 1 rings (SSSR count). The Kier molecular flexibility index (Phi) is 7.58. The molecule has 0 fully saturated rings. The molecule has 120 valence electrons. The Labute approximate surface area is 126 Å². The first-order valence-electron chi connectivity index (χ1n) is 6.87. The third kappa shape index (κ3) is 6.85. The minimum Gasteiger partial charge on any atom is -0.379 e. The highest BCUT2D eigenvalue weighted by molar-refractivity contribution is 7.89. The molecule has 0 atom stereocenters. The molecule has 0 aliphatic carbocycles. The molecule has 2 N–H and O–H groups in total. The third-order valence-corrected chi connectivity index (χ3v) is 4.07. The number of anilines is 1. The number of hydrogen-bond acceptors (Lipinski definition) is 6. The number of rotatable bonds is 10. The van der Waals surface area contributed by atoms with Crippen LogP contribution < -0.4 is 10.0 Å². The Balaban J connectivity index is 2.39. The molecule has 0 bridgehead atoms. The smallest absolute Gasteiger partial charge is 0.242 e. The van der Waals surface area contributed by atoms with Gasteiger partial charge < -0.3 is 15.0 Å².